The molecule has 0 bridgehead atoms. The molecule has 4 rings (SSSR count). The summed E-state index contributed by atoms with van der Waals surface area (Å²) in [6.45, 7) is 0.118. The number of benzene rings is 2. The number of carbonyl (C=O) groups excluding carboxylic acids is 3. The lowest BCUT2D eigenvalue weighted by molar-refractivity contribution is -0.132. The van der Waals surface area contributed by atoms with Crippen LogP contribution in [0.2, 0.25) is 0 Å². The van der Waals surface area contributed by atoms with E-state index in [9.17, 15) is 24.3 Å². The molecule has 0 atom stereocenters. The minimum Gasteiger partial charge on any atom is -0.493 e. The number of carbonyl (C=O) groups is 4. The Kier molecular flexibility index (Phi) is 7.92. The van der Waals surface area contributed by atoms with E-state index in [1.807, 2.05) is 0 Å². The summed E-state index contributed by atoms with van der Waals surface area (Å²) in [7, 11) is 1.47. The van der Waals surface area contributed by atoms with Crippen molar-refractivity contribution in [3.8, 4) is 11.5 Å². The Hall–Kier alpha value is -3.41. The van der Waals surface area contributed by atoms with E-state index in [1.165, 1.54) is 30.2 Å². The number of barbiturate groups is 1. The quantitative estimate of drug-likeness (QED) is 0.274. The number of ether oxygens (including phenoxy) is 2. The number of urea groups is 1. The van der Waals surface area contributed by atoms with Gasteiger partial charge in [0.05, 0.1) is 16.2 Å². The van der Waals surface area contributed by atoms with Crippen LogP contribution in [0.5, 0.6) is 11.5 Å². The molecule has 2 aromatic carbocycles. The fraction of sp³-hybridized carbons (Fsp3) is 0.308. The summed E-state index contributed by atoms with van der Waals surface area (Å²) in [5.74, 6) is -1.52. The number of methoxy groups -OCH3 is 1. The van der Waals surface area contributed by atoms with Gasteiger partial charge in [0.25, 0.3) is 11.8 Å². The zero-order valence-corrected chi connectivity index (χ0v) is 21.7. The minimum atomic E-state index is -1.02. The lowest BCUT2D eigenvalue weighted by Gasteiger charge is -2.35. The number of nitrogens with one attached hydrogen (secondary N) is 1. The summed E-state index contributed by atoms with van der Waals surface area (Å²) in [5.41, 5.74) is 1.26. The average molecular weight is 604 g/mol. The maximum absolute atomic E-state index is 13.2. The predicted octanol–water partition coefficient (Wildman–Crippen LogP) is 4.37. The van der Waals surface area contributed by atoms with E-state index in [-0.39, 0.29) is 23.8 Å². The zero-order valence-electron chi connectivity index (χ0n) is 19.6. The van der Waals surface area contributed by atoms with Gasteiger partial charge in [-0.05, 0) is 76.9 Å². The van der Waals surface area contributed by atoms with E-state index < -0.39 is 23.8 Å². The average Bonchev–Trinajstić information content (AvgIpc) is 2.86. The second-order valence-corrected chi connectivity index (χ2v) is 9.77. The van der Waals surface area contributed by atoms with Gasteiger partial charge in [-0.1, -0.05) is 31.4 Å². The Bertz CT molecular complexity index is 1250. The number of hydrogen-bond acceptors (Lipinski definition) is 6. The fourth-order valence-corrected chi connectivity index (χ4v) is 5.20. The maximum Gasteiger partial charge on any atom is 0.335 e. The molecule has 2 aliphatic rings. The van der Waals surface area contributed by atoms with Gasteiger partial charge in [-0.2, -0.15) is 0 Å². The third-order valence-corrected chi connectivity index (χ3v) is 6.99. The highest BCUT2D eigenvalue weighted by atomic mass is 127. The number of carboxylic acid groups (broad SMARTS) is 1. The van der Waals surface area contributed by atoms with Crippen molar-refractivity contribution in [2.75, 3.05) is 7.11 Å². The molecule has 2 aromatic rings. The third-order valence-electron chi connectivity index (χ3n) is 6.19. The molecule has 188 valence electrons. The number of imide groups is 2. The van der Waals surface area contributed by atoms with Crippen LogP contribution < -0.4 is 14.8 Å². The molecule has 2 fully saturated rings. The molecule has 0 unspecified atom stereocenters. The molecule has 1 aliphatic heterocycles. The van der Waals surface area contributed by atoms with Crippen molar-refractivity contribution in [2.24, 2.45) is 0 Å². The number of hydrogen-bond donors (Lipinski definition) is 2. The molecular formula is C26H25IN2O7. The van der Waals surface area contributed by atoms with E-state index in [1.54, 1.807) is 24.3 Å². The van der Waals surface area contributed by atoms with Crippen molar-refractivity contribution in [1.82, 2.24) is 10.2 Å². The van der Waals surface area contributed by atoms with Gasteiger partial charge < -0.3 is 14.6 Å². The van der Waals surface area contributed by atoms with Crippen LogP contribution in [0.3, 0.4) is 0 Å². The number of nitrogens with zero attached hydrogens (tertiary/aromatic N) is 1. The zero-order chi connectivity index (χ0) is 25.8. The summed E-state index contributed by atoms with van der Waals surface area (Å²) in [6, 6.07) is 8.94. The Balaban J connectivity index is 1.58. The molecule has 1 saturated carbocycles. The van der Waals surface area contributed by atoms with Crippen LogP contribution >= 0.6 is 22.6 Å². The van der Waals surface area contributed by atoms with E-state index in [0.29, 0.717) is 26.2 Å². The standard InChI is InChI=1S/C26H25IN2O7/c1-35-21-13-16(12-20(27)22(21)36-14-15-6-5-7-17(10-15)25(32)33)11-19-23(30)28-26(34)29(24(19)31)18-8-3-2-4-9-18/h5-7,10-13,18H,2-4,8-9,14H2,1H3,(H,32,33)(H,28,30,34). The lowest BCUT2D eigenvalue weighted by atomic mass is 9.93. The van der Waals surface area contributed by atoms with Crippen LogP contribution in [0.25, 0.3) is 6.08 Å². The molecule has 1 aliphatic carbocycles. The summed E-state index contributed by atoms with van der Waals surface area (Å²) in [4.78, 5) is 50.5. The van der Waals surface area contributed by atoms with Crippen molar-refractivity contribution in [2.45, 2.75) is 44.8 Å². The van der Waals surface area contributed by atoms with Gasteiger partial charge in [0, 0.05) is 6.04 Å². The molecule has 9 nitrogen and oxygen atoms in total. The smallest absolute Gasteiger partial charge is 0.335 e. The molecule has 0 radical (unpaired) electrons. The van der Waals surface area contributed by atoms with Crippen LogP contribution in [0.4, 0.5) is 4.79 Å². The summed E-state index contributed by atoms with van der Waals surface area (Å²) >= 11 is 2.06. The van der Waals surface area contributed by atoms with Gasteiger partial charge in [-0.3, -0.25) is 19.8 Å². The van der Waals surface area contributed by atoms with Crippen molar-refractivity contribution in [3.63, 3.8) is 0 Å². The molecule has 36 heavy (non-hydrogen) atoms. The monoisotopic (exact) mass is 604 g/mol. The van der Waals surface area contributed by atoms with Crippen LogP contribution in [-0.2, 0) is 16.2 Å². The molecule has 0 aromatic heterocycles. The van der Waals surface area contributed by atoms with Crippen molar-refractivity contribution in [3.05, 3.63) is 62.2 Å². The summed E-state index contributed by atoms with van der Waals surface area (Å²) < 4.78 is 12.1. The van der Waals surface area contributed by atoms with Crippen LogP contribution in [0.15, 0.2) is 42.0 Å². The molecule has 0 spiro atoms. The van der Waals surface area contributed by atoms with Crippen LogP contribution in [0, 0.1) is 3.57 Å². The van der Waals surface area contributed by atoms with Crippen molar-refractivity contribution < 1.29 is 33.8 Å². The Morgan fingerprint density at radius 1 is 1.17 bits per heavy atom. The Morgan fingerprint density at radius 3 is 2.61 bits per heavy atom. The second-order valence-electron chi connectivity index (χ2n) is 8.61. The largest absolute Gasteiger partial charge is 0.493 e. The van der Waals surface area contributed by atoms with E-state index >= 15 is 0 Å². The maximum atomic E-state index is 13.2. The number of aromatic carboxylic acids is 1. The number of amides is 4. The normalized spacial score (nSPS) is 17.8. The van der Waals surface area contributed by atoms with E-state index in [4.69, 9.17) is 9.47 Å². The highest BCUT2D eigenvalue weighted by Crippen LogP contribution is 2.36. The van der Waals surface area contributed by atoms with E-state index in [2.05, 4.69) is 27.9 Å². The van der Waals surface area contributed by atoms with Gasteiger partial charge in [-0.25, -0.2) is 9.59 Å². The van der Waals surface area contributed by atoms with Gasteiger partial charge in [0.15, 0.2) is 11.5 Å². The van der Waals surface area contributed by atoms with E-state index in [0.717, 1.165) is 32.1 Å². The first-order valence-corrected chi connectivity index (χ1v) is 12.6. The number of rotatable bonds is 7. The number of carboxylic acids is 1. The summed E-state index contributed by atoms with van der Waals surface area (Å²) in [6.07, 6.45) is 5.85. The minimum absolute atomic E-state index is 0.114. The Morgan fingerprint density at radius 2 is 1.92 bits per heavy atom. The Labute approximate surface area is 221 Å². The lowest BCUT2D eigenvalue weighted by Crippen LogP contribution is -2.58. The predicted molar refractivity (Wildman–Crippen MR) is 139 cm³/mol. The molecule has 10 heteroatoms. The second kappa shape index (κ2) is 11.1. The van der Waals surface area contributed by atoms with Crippen LogP contribution in [0.1, 0.15) is 53.6 Å². The highest BCUT2D eigenvalue weighted by Gasteiger charge is 2.40. The first-order valence-electron chi connectivity index (χ1n) is 11.5. The molecule has 1 heterocycles. The molecule has 2 N–H and O–H groups in total. The SMILES string of the molecule is COc1cc(C=C2C(=O)NC(=O)N(C3CCCCC3)C2=O)cc(I)c1OCc1cccc(C(=O)O)c1. The first-order chi connectivity index (χ1) is 17.3. The van der Waals surface area contributed by atoms with Crippen LogP contribution in [-0.4, -0.2) is 47.0 Å². The van der Waals surface area contributed by atoms with Gasteiger partial charge >= 0.3 is 12.0 Å². The number of halogens is 1. The van der Waals surface area contributed by atoms with Gasteiger partial charge in [-0.15, -0.1) is 0 Å². The van der Waals surface area contributed by atoms with Crippen molar-refractivity contribution >= 4 is 52.5 Å². The topological polar surface area (TPSA) is 122 Å². The summed E-state index contributed by atoms with van der Waals surface area (Å²) in [5, 5.41) is 11.5. The molecular weight excluding hydrogens is 579 g/mol. The third kappa shape index (κ3) is 5.53. The highest BCUT2D eigenvalue weighted by molar-refractivity contribution is 14.1. The molecule has 1 saturated heterocycles. The van der Waals surface area contributed by atoms with Crippen molar-refractivity contribution in [1.29, 1.82) is 0 Å². The first kappa shape index (κ1) is 25.7. The fourth-order valence-electron chi connectivity index (χ4n) is 4.42. The van der Waals surface area contributed by atoms with Gasteiger partial charge in [0.1, 0.15) is 12.2 Å². The molecule has 4 amide bonds. The van der Waals surface area contributed by atoms with Gasteiger partial charge in [0.2, 0.25) is 0 Å².